The van der Waals surface area contributed by atoms with E-state index in [0.29, 0.717) is 0 Å². The number of carbonyl (C=O) groups excluding carboxylic acids is 1. The van der Waals surface area contributed by atoms with Crippen LogP contribution in [0.4, 0.5) is 0 Å². The molecule has 0 saturated carbocycles. The van der Waals surface area contributed by atoms with Gasteiger partial charge >= 0.3 is 0 Å². The van der Waals surface area contributed by atoms with E-state index in [1.54, 1.807) is 0 Å². The van der Waals surface area contributed by atoms with Gasteiger partial charge in [-0.1, -0.05) is 0 Å². The van der Waals surface area contributed by atoms with Crippen molar-refractivity contribution in [2.75, 3.05) is 0 Å². The van der Waals surface area contributed by atoms with Crippen molar-refractivity contribution in [2.45, 2.75) is 17.2 Å². The smallest absolute Gasteiger partial charge is 0.250 e. The molecule has 0 aliphatic carbocycles. The Morgan fingerprint density at radius 3 is 2.69 bits per heavy atom. The van der Waals surface area contributed by atoms with Crippen LogP contribution in [-0.2, 0) is 14.8 Å². The van der Waals surface area contributed by atoms with Gasteiger partial charge in [0.15, 0.2) is 0 Å². The van der Waals surface area contributed by atoms with Crippen LogP contribution in [0.5, 0.6) is 0 Å². The molecule has 1 unspecified atom stereocenters. The molecule has 0 aliphatic heterocycles. The molecular formula is C8H9N3O3S2. The standard InChI is InChI=1S/C8H9N3O3S2/c1-5(8(10)12)11-16(13,14)7-3-2-6(4-9)15-7/h2-3,5,11H,1H3,(H2,10,12). The molecule has 1 amide bonds. The van der Waals surface area contributed by atoms with Crippen LogP contribution in [0, 0.1) is 11.3 Å². The van der Waals surface area contributed by atoms with Crippen LogP contribution in [0.1, 0.15) is 11.8 Å². The average molecular weight is 259 g/mol. The van der Waals surface area contributed by atoms with Crippen LogP contribution in [0.25, 0.3) is 0 Å². The van der Waals surface area contributed by atoms with E-state index in [1.807, 2.05) is 6.07 Å². The van der Waals surface area contributed by atoms with Gasteiger partial charge in [-0.25, -0.2) is 8.42 Å². The SMILES string of the molecule is CC(NS(=O)(=O)c1ccc(C#N)s1)C(N)=O. The molecule has 1 rings (SSSR count). The quantitative estimate of drug-likeness (QED) is 0.777. The van der Waals surface area contributed by atoms with Gasteiger partial charge in [0.2, 0.25) is 5.91 Å². The third-order valence-corrected chi connectivity index (χ3v) is 4.74. The maximum absolute atomic E-state index is 11.7. The van der Waals surface area contributed by atoms with Crippen molar-refractivity contribution in [3.63, 3.8) is 0 Å². The van der Waals surface area contributed by atoms with Gasteiger partial charge in [0.25, 0.3) is 10.0 Å². The number of rotatable bonds is 4. The summed E-state index contributed by atoms with van der Waals surface area (Å²) in [5.41, 5.74) is 4.94. The summed E-state index contributed by atoms with van der Waals surface area (Å²) in [6.07, 6.45) is 0. The first-order valence-electron chi connectivity index (χ1n) is 4.18. The lowest BCUT2D eigenvalue weighted by atomic mass is 10.4. The van der Waals surface area contributed by atoms with Crippen molar-refractivity contribution < 1.29 is 13.2 Å². The molecule has 6 nitrogen and oxygen atoms in total. The Hall–Kier alpha value is -1.43. The summed E-state index contributed by atoms with van der Waals surface area (Å²) < 4.78 is 25.4. The molecule has 1 aromatic heterocycles. The highest BCUT2D eigenvalue weighted by Crippen LogP contribution is 2.20. The summed E-state index contributed by atoms with van der Waals surface area (Å²) >= 11 is 0.830. The Bertz CT molecular complexity index is 541. The number of nitrogens with zero attached hydrogens (tertiary/aromatic N) is 1. The summed E-state index contributed by atoms with van der Waals surface area (Å²) in [6.45, 7) is 1.35. The summed E-state index contributed by atoms with van der Waals surface area (Å²) in [6, 6.07) is 3.54. The number of carbonyl (C=O) groups is 1. The number of nitrogens with two attached hydrogens (primary N) is 1. The van der Waals surface area contributed by atoms with E-state index in [1.165, 1.54) is 19.1 Å². The fourth-order valence-electron chi connectivity index (χ4n) is 0.874. The van der Waals surface area contributed by atoms with Gasteiger partial charge in [0, 0.05) is 0 Å². The maximum atomic E-state index is 11.7. The van der Waals surface area contributed by atoms with E-state index in [4.69, 9.17) is 11.0 Å². The summed E-state index contributed by atoms with van der Waals surface area (Å²) in [4.78, 5) is 11.0. The summed E-state index contributed by atoms with van der Waals surface area (Å²) in [5, 5.41) is 8.56. The highest BCUT2D eigenvalue weighted by Gasteiger charge is 2.21. The highest BCUT2D eigenvalue weighted by atomic mass is 32.2. The lowest BCUT2D eigenvalue weighted by Crippen LogP contribution is -2.41. The minimum absolute atomic E-state index is 0.0165. The Kier molecular flexibility index (Phi) is 3.64. The summed E-state index contributed by atoms with van der Waals surface area (Å²) in [7, 11) is -3.78. The fraction of sp³-hybridized carbons (Fsp3) is 0.250. The van der Waals surface area contributed by atoms with Crippen molar-refractivity contribution in [3.05, 3.63) is 17.0 Å². The van der Waals surface area contributed by atoms with Crippen molar-refractivity contribution in [3.8, 4) is 6.07 Å². The van der Waals surface area contributed by atoms with Gasteiger partial charge in [-0.2, -0.15) is 9.98 Å². The normalized spacial score (nSPS) is 13.0. The molecule has 0 aliphatic rings. The molecule has 16 heavy (non-hydrogen) atoms. The maximum Gasteiger partial charge on any atom is 0.250 e. The first kappa shape index (κ1) is 12.6. The number of primary amides is 1. The molecule has 3 N–H and O–H groups in total. The number of hydrogen-bond acceptors (Lipinski definition) is 5. The van der Waals surface area contributed by atoms with Crippen LogP contribution in [0.15, 0.2) is 16.3 Å². The number of nitrogens with one attached hydrogen (secondary N) is 1. The largest absolute Gasteiger partial charge is 0.368 e. The zero-order chi connectivity index (χ0) is 12.3. The van der Waals surface area contributed by atoms with Crippen molar-refractivity contribution in [2.24, 2.45) is 5.73 Å². The lowest BCUT2D eigenvalue weighted by molar-refractivity contribution is -0.119. The third kappa shape index (κ3) is 2.79. The first-order valence-corrected chi connectivity index (χ1v) is 6.48. The Balaban J connectivity index is 2.95. The minimum Gasteiger partial charge on any atom is -0.368 e. The van der Waals surface area contributed by atoms with E-state index in [0.717, 1.165) is 11.3 Å². The molecule has 1 aromatic rings. The molecule has 0 saturated heterocycles. The number of thiophene rings is 1. The number of hydrogen-bond donors (Lipinski definition) is 2. The van der Waals surface area contributed by atoms with Gasteiger partial charge < -0.3 is 5.73 Å². The van der Waals surface area contributed by atoms with Crippen LogP contribution in [0.2, 0.25) is 0 Å². The Morgan fingerprint density at radius 2 is 2.25 bits per heavy atom. The molecule has 0 fully saturated rings. The van der Waals surface area contributed by atoms with Crippen molar-refractivity contribution in [1.82, 2.24) is 4.72 Å². The lowest BCUT2D eigenvalue weighted by Gasteiger charge is -2.08. The van der Waals surface area contributed by atoms with Crippen molar-refractivity contribution in [1.29, 1.82) is 5.26 Å². The Morgan fingerprint density at radius 1 is 1.62 bits per heavy atom. The van der Waals surface area contributed by atoms with Gasteiger partial charge in [0.1, 0.15) is 15.2 Å². The molecule has 8 heteroatoms. The first-order chi connectivity index (χ1) is 7.36. The van der Waals surface area contributed by atoms with Crippen molar-refractivity contribution >= 4 is 27.3 Å². The molecule has 0 aromatic carbocycles. The molecule has 86 valence electrons. The molecule has 1 atom stereocenters. The van der Waals surface area contributed by atoms with E-state index in [2.05, 4.69) is 4.72 Å². The fourth-order valence-corrected chi connectivity index (χ4v) is 3.21. The van der Waals surface area contributed by atoms with E-state index < -0.39 is 22.0 Å². The second kappa shape index (κ2) is 4.61. The van der Waals surface area contributed by atoms with Crippen LogP contribution >= 0.6 is 11.3 Å². The Labute approximate surface area is 96.7 Å². The van der Waals surface area contributed by atoms with Crippen LogP contribution < -0.4 is 10.5 Å². The zero-order valence-corrected chi connectivity index (χ0v) is 9.93. The molecule has 0 bridgehead atoms. The van der Waals surface area contributed by atoms with Crippen LogP contribution in [0.3, 0.4) is 0 Å². The molecule has 0 radical (unpaired) electrons. The second-order valence-corrected chi connectivity index (χ2v) is 6.00. The number of nitriles is 1. The van der Waals surface area contributed by atoms with Gasteiger partial charge in [-0.15, -0.1) is 11.3 Å². The zero-order valence-electron chi connectivity index (χ0n) is 8.30. The molecule has 0 spiro atoms. The number of sulfonamides is 1. The highest BCUT2D eigenvalue weighted by molar-refractivity contribution is 7.91. The minimum atomic E-state index is -3.78. The van der Waals surface area contributed by atoms with Gasteiger partial charge in [0.05, 0.1) is 6.04 Å². The van der Waals surface area contributed by atoms with E-state index in [9.17, 15) is 13.2 Å². The third-order valence-electron chi connectivity index (χ3n) is 1.72. The van der Waals surface area contributed by atoms with E-state index >= 15 is 0 Å². The predicted molar refractivity (Wildman–Crippen MR) is 58.0 cm³/mol. The average Bonchev–Trinajstić information content (AvgIpc) is 2.65. The van der Waals surface area contributed by atoms with E-state index in [-0.39, 0.29) is 9.09 Å². The topological polar surface area (TPSA) is 113 Å². The molecule has 1 heterocycles. The van der Waals surface area contributed by atoms with Gasteiger partial charge in [-0.3, -0.25) is 4.79 Å². The second-order valence-electron chi connectivity index (χ2n) is 2.98. The van der Waals surface area contributed by atoms with Crippen LogP contribution in [-0.4, -0.2) is 20.4 Å². The predicted octanol–water partition coefficient (Wildman–Crippen LogP) is -0.228. The van der Waals surface area contributed by atoms with Gasteiger partial charge in [-0.05, 0) is 19.1 Å². The summed E-state index contributed by atoms with van der Waals surface area (Å²) in [5.74, 6) is -0.763. The number of amides is 1. The monoisotopic (exact) mass is 259 g/mol. The molecular weight excluding hydrogens is 250 g/mol.